The van der Waals surface area contributed by atoms with Gasteiger partial charge in [0, 0.05) is 43.3 Å². The highest BCUT2D eigenvalue weighted by atomic mass is 16.5. The van der Waals surface area contributed by atoms with Crippen LogP contribution in [0.15, 0.2) is 36.8 Å². The molecule has 0 aromatic carbocycles. The summed E-state index contributed by atoms with van der Waals surface area (Å²) in [5.74, 6) is 8.13. The van der Waals surface area contributed by atoms with E-state index in [0.717, 1.165) is 41.0 Å². The van der Waals surface area contributed by atoms with Crippen molar-refractivity contribution in [2.24, 2.45) is 0 Å². The molecule has 1 fully saturated rings. The summed E-state index contributed by atoms with van der Waals surface area (Å²) in [4.78, 5) is 12.9. The average molecular weight is 346 g/mol. The first-order valence-corrected chi connectivity index (χ1v) is 8.30. The van der Waals surface area contributed by atoms with E-state index in [4.69, 9.17) is 10.5 Å². The summed E-state index contributed by atoms with van der Waals surface area (Å²) in [7, 11) is 1.82. The number of pyridine rings is 3. The minimum atomic E-state index is 0.232. The van der Waals surface area contributed by atoms with E-state index in [1.54, 1.807) is 24.7 Å². The number of fused-ring (bicyclic) bond motifs is 1. The van der Waals surface area contributed by atoms with Gasteiger partial charge < -0.3 is 21.1 Å². The van der Waals surface area contributed by atoms with Gasteiger partial charge >= 0.3 is 0 Å². The van der Waals surface area contributed by atoms with Crippen molar-refractivity contribution in [2.45, 2.75) is 6.10 Å². The van der Waals surface area contributed by atoms with Crippen LogP contribution >= 0.6 is 0 Å². The molecule has 4 rings (SSSR count). The summed E-state index contributed by atoms with van der Waals surface area (Å²) in [5.41, 5.74) is 7.27. The third-order valence-electron chi connectivity index (χ3n) is 4.14. The number of hydrogen-bond acceptors (Lipinski definition) is 7. The van der Waals surface area contributed by atoms with Gasteiger partial charge in [-0.1, -0.05) is 5.92 Å². The minimum absolute atomic E-state index is 0.232. The normalized spacial score (nSPS) is 13.6. The minimum Gasteiger partial charge on any atom is -0.486 e. The number of aromatic nitrogens is 3. The van der Waals surface area contributed by atoms with E-state index in [9.17, 15) is 0 Å². The van der Waals surface area contributed by atoms with Crippen LogP contribution in [0.5, 0.6) is 5.75 Å². The van der Waals surface area contributed by atoms with E-state index in [0.29, 0.717) is 11.5 Å². The number of ether oxygens (including phenoxy) is 1. The summed E-state index contributed by atoms with van der Waals surface area (Å²) in [6, 6.07) is 5.54. The number of nitrogens with two attached hydrogens (primary N) is 1. The van der Waals surface area contributed by atoms with E-state index < -0.39 is 0 Å². The highest BCUT2D eigenvalue weighted by Crippen LogP contribution is 2.24. The molecule has 7 heteroatoms. The van der Waals surface area contributed by atoms with Crippen LogP contribution in [-0.4, -0.2) is 41.2 Å². The molecule has 130 valence electrons. The van der Waals surface area contributed by atoms with Gasteiger partial charge in [-0.05, 0) is 24.1 Å². The summed E-state index contributed by atoms with van der Waals surface area (Å²) >= 11 is 0. The SMILES string of the molecule is CNc1ncc(C#Cc2ccc(OC3CNC3)cn2)c2cc(N)ncc12. The van der Waals surface area contributed by atoms with Crippen LogP contribution in [0, 0.1) is 11.8 Å². The molecule has 0 amide bonds. The first-order valence-electron chi connectivity index (χ1n) is 8.30. The molecule has 4 N–H and O–H groups in total. The van der Waals surface area contributed by atoms with Gasteiger partial charge in [0.2, 0.25) is 0 Å². The zero-order valence-corrected chi connectivity index (χ0v) is 14.3. The Labute approximate surface area is 151 Å². The Morgan fingerprint density at radius 2 is 2.00 bits per heavy atom. The van der Waals surface area contributed by atoms with Crippen LogP contribution < -0.4 is 21.1 Å². The topological polar surface area (TPSA) is 98.0 Å². The molecule has 3 aromatic rings. The van der Waals surface area contributed by atoms with Crippen LogP contribution in [0.1, 0.15) is 11.3 Å². The Morgan fingerprint density at radius 1 is 1.12 bits per heavy atom. The Kier molecular flexibility index (Phi) is 4.25. The second-order valence-corrected chi connectivity index (χ2v) is 5.95. The van der Waals surface area contributed by atoms with Crippen molar-refractivity contribution in [2.75, 3.05) is 31.2 Å². The highest BCUT2D eigenvalue weighted by molar-refractivity contribution is 5.96. The Hall–Kier alpha value is -3.37. The maximum Gasteiger partial charge on any atom is 0.138 e. The molecule has 0 spiro atoms. The molecule has 4 heterocycles. The molecular weight excluding hydrogens is 328 g/mol. The quantitative estimate of drug-likeness (QED) is 0.617. The molecule has 0 radical (unpaired) electrons. The molecule has 26 heavy (non-hydrogen) atoms. The molecule has 1 saturated heterocycles. The molecule has 0 unspecified atom stereocenters. The number of hydrogen-bond donors (Lipinski definition) is 3. The van der Waals surface area contributed by atoms with E-state index in [1.165, 1.54) is 0 Å². The standard InChI is InChI=1S/C19H18N6O/c1-21-19-17-11-24-18(20)6-16(17)12(7-25-19)2-3-13-4-5-14(10-23-13)26-15-8-22-9-15/h4-7,10-11,15,22H,8-9H2,1H3,(H2,20,24)(H,21,25). The van der Waals surface area contributed by atoms with Crippen molar-refractivity contribution in [1.29, 1.82) is 0 Å². The largest absolute Gasteiger partial charge is 0.486 e. The monoisotopic (exact) mass is 346 g/mol. The van der Waals surface area contributed by atoms with Gasteiger partial charge in [0.25, 0.3) is 0 Å². The zero-order valence-electron chi connectivity index (χ0n) is 14.3. The van der Waals surface area contributed by atoms with Crippen molar-refractivity contribution in [3.05, 3.63) is 48.0 Å². The van der Waals surface area contributed by atoms with Gasteiger partial charge in [-0.25, -0.2) is 15.0 Å². The van der Waals surface area contributed by atoms with Crippen molar-refractivity contribution in [3.8, 4) is 17.6 Å². The lowest BCUT2D eigenvalue weighted by atomic mass is 10.1. The van der Waals surface area contributed by atoms with Gasteiger partial charge in [-0.3, -0.25) is 0 Å². The lowest BCUT2D eigenvalue weighted by molar-refractivity contribution is 0.141. The third-order valence-corrected chi connectivity index (χ3v) is 4.14. The molecule has 1 aliphatic heterocycles. The lowest BCUT2D eigenvalue weighted by Gasteiger charge is -2.27. The van der Waals surface area contributed by atoms with E-state index >= 15 is 0 Å². The van der Waals surface area contributed by atoms with Gasteiger partial charge in [0.05, 0.1) is 11.8 Å². The average Bonchev–Trinajstić information content (AvgIpc) is 2.63. The fraction of sp³-hybridized carbons (Fsp3) is 0.211. The van der Waals surface area contributed by atoms with E-state index in [-0.39, 0.29) is 6.10 Å². The maximum absolute atomic E-state index is 5.83. The number of rotatable bonds is 3. The number of nitrogens with zero attached hydrogens (tertiary/aromatic N) is 3. The van der Waals surface area contributed by atoms with Crippen LogP contribution in [0.3, 0.4) is 0 Å². The summed E-state index contributed by atoms with van der Waals surface area (Å²) in [6.45, 7) is 1.75. The Balaban J connectivity index is 1.62. The molecule has 0 aliphatic carbocycles. The predicted octanol–water partition coefficient (Wildman–Crippen LogP) is 1.40. The smallest absolute Gasteiger partial charge is 0.138 e. The molecule has 3 aromatic heterocycles. The van der Waals surface area contributed by atoms with Crippen molar-refractivity contribution < 1.29 is 4.74 Å². The van der Waals surface area contributed by atoms with E-state index in [2.05, 4.69) is 37.4 Å². The predicted molar refractivity (Wildman–Crippen MR) is 101 cm³/mol. The maximum atomic E-state index is 5.83. The van der Waals surface area contributed by atoms with Gasteiger partial charge in [0.1, 0.15) is 29.2 Å². The third kappa shape index (κ3) is 3.23. The number of anilines is 2. The van der Waals surface area contributed by atoms with Crippen LogP contribution in [0.4, 0.5) is 11.6 Å². The fourth-order valence-electron chi connectivity index (χ4n) is 2.64. The zero-order chi connectivity index (χ0) is 17.9. The summed E-state index contributed by atoms with van der Waals surface area (Å²) in [5, 5.41) is 8.00. The fourth-order valence-corrected chi connectivity index (χ4v) is 2.64. The second-order valence-electron chi connectivity index (χ2n) is 5.95. The van der Waals surface area contributed by atoms with Gasteiger partial charge in [-0.2, -0.15) is 0 Å². The summed E-state index contributed by atoms with van der Waals surface area (Å²) < 4.78 is 5.75. The Bertz CT molecular complexity index is 1000. The summed E-state index contributed by atoms with van der Waals surface area (Å²) in [6.07, 6.45) is 5.36. The van der Waals surface area contributed by atoms with Crippen LogP contribution in [0.25, 0.3) is 10.8 Å². The second kappa shape index (κ2) is 6.86. The molecular formula is C19H18N6O. The molecule has 0 saturated carbocycles. The van der Waals surface area contributed by atoms with E-state index in [1.807, 2.05) is 19.2 Å². The first kappa shape index (κ1) is 16.1. The Morgan fingerprint density at radius 3 is 2.69 bits per heavy atom. The number of nitrogens with one attached hydrogen (secondary N) is 2. The lowest BCUT2D eigenvalue weighted by Crippen LogP contribution is -2.50. The van der Waals surface area contributed by atoms with Crippen molar-refractivity contribution in [3.63, 3.8) is 0 Å². The highest BCUT2D eigenvalue weighted by Gasteiger charge is 2.18. The van der Waals surface area contributed by atoms with Gasteiger partial charge in [0.15, 0.2) is 0 Å². The van der Waals surface area contributed by atoms with Crippen LogP contribution in [0.2, 0.25) is 0 Å². The molecule has 7 nitrogen and oxygen atoms in total. The molecule has 0 atom stereocenters. The van der Waals surface area contributed by atoms with Crippen molar-refractivity contribution in [1.82, 2.24) is 20.3 Å². The van der Waals surface area contributed by atoms with Crippen LogP contribution in [-0.2, 0) is 0 Å². The number of nitrogen functional groups attached to an aromatic ring is 1. The molecule has 1 aliphatic rings. The first-order chi connectivity index (χ1) is 12.7. The molecule has 0 bridgehead atoms. The van der Waals surface area contributed by atoms with Gasteiger partial charge in [-0.15, -0.1) is 0 Å². The van der Waals surface area contributed by atoms with Crippen molar-refractivity contribution >= 4 is 22.4 Å².